The van der Waals surface area contributed by atoms with Crippen LogP contribution in [-0.2, 0) is 9.53 Å². The third kappa shape index (κ3) is 47.2. The van der Waals surface area contributed by atoms with Crippen LogP contribution in [0.4, 0.5) is 0 Å². The summed E-state index contributed by atoms with van der Waals surface area (Å²) in [5.74, 6) is 0.0198. The lowest BCUT2D eigenvalue weighted by Crippen LogP contribution is -2.20. The molecule has 0 fully saturated rings. The minimum Gasteiger partial charge on any atom is -0.466 e. The molecule has 0 spiro atoms. The Bertz CT molecular complexity index is 811. The van der Waals surface area contributed by atoms with Crippen molar-refractivity contribution in [3.8, 4) is 0 Å². The van der Waals surface area contributed by atoms with Crippen molar-refractivity contribution in [2.45, 2.75) is 258 Å². The van der Waals surface area contributed by atoms with Gasteiger partial charge in [-0.15, -0.1) is 0 Å². The molecule has 0 aliphatic rings. The molecule has 4 nitrogen and oxygen atoms in total. The molecule has 0 aliphatic carbocycles. The summed E-state index contributed by atoms with van der Waals surface area (Å²) >= 11 is 0. The van der Waals surface area contributed by atoms with Gasteiger partial charge in [-0.25, -0.2) is 0 Å². The maximum absolute atomic E-state index is 12.1. The highest BCUT2D eigenvalue weighted by Crippen LogP contribution is 2.14. The van der Waals surface area contributed by atoms with Gasteiger partial charge < -0.3 is 14.5 Å². The third-order valence-corrected chi connectivity index (χ3v) is 11.8. The first-order valence-electron chi connectivity index (χ1n) is 25.4. The van der Waals surface area contributed by atoms with E-state index in [0.29, 0.717) is 13.0 Å². The van der Waals surface area contributed by atoms with Crippen molar-refractivity contribution in [2.75, 3.05) is 46.9 Å². The summed E-state index contributed by atoms with van der Waals surface area (Å²) in [7, 11) is 4.61. The molecule has 0 saturated heterocycles. The summed E-state index contributed by atoms with van der Waals surface area (Å²) in [5, 5.41) is 0. The number of hydrogen-bond acceptors (Lipinski definition) is 4. The number of allylic oxidation sites excluding steroid dienone is 4. The Morgan fingerprint density at radius 1 is 0.375 bits per heavy atom. The van der Waals surface area contributed by atoms with E-state index in [-0.39, 0.29) is 5.97 Å². The van der Waals surface area contributed by atoms with Crippen LogP contribution < -0.4 is 0 Å². The molecule has 0 aliphatic heterocycles. The van der Waals surface area contributed by atoms with Crippen LogP contribution in [0.1, 0.15) is 258 Å². The predicted octanol–water partition coefficient (Wildman–Crippen LogP) is 16.4. The van der Waals surface area contributed by atoms with Crippen molar-refractivity contribution in [2.24, 2.45) is 0 Å². The highest BCUT2D eigenvalue weighted by molar-refractivity contribution is 5.69. The molecular formula is C52H102N2O2. The zero-order valence-electron chi connectivity index (χ0n) is 38.9. The number of unbranched alkanes of at least 4 members (excludes halogenated alkanes) is 31. The Hall–Kier alpha value is -1.13. The quantitative estimate of drug-likeness (QED) is 0.0349. The van der Waals surface area contributed by atoms with Gasteiger partial charge in [-0.1, -0.05) is 205 Å². The van der Waals surface area contributed by atoms with Gasteiger partial charge in [0.15, 0.2) is 0 Å². The van der Waals surface area contributed by atoms with Gasteiger partial charge in [0.2, 0.25) is 0 Å². The summed E-state index contributed by atoms with van der Waals surface area (Å²) in [4.78, 5) is 17.2. The van der Waals surface area contributed by atoms with Crippen LogP contribution >= 0.6 is 0 Å². The minimum atomic E-state index is 0.0198. The first kappa shape index (κ1) is 54.9. The molecule has 0 rings (SSSR count). The predicted molar refractivity (Wildman–Crippen MR) is 251 cm³/mol. The summed E-state index contributed by atoms with van der Waals surface area (Å²) in [6.45, 7) is 10.2. The molecule has 0 aromatic rings. The van der Waals surface area contributed by atoms with Crippen LogP contribution in [0.5, 0.6) is 0 Å². The molecule has 0 radical (unpaired) electrons. The second kappa shape index (κ2) is 48.2. The van der Waals surface area contributed by atoms with Gasteiger partial charge in [-0.05, 0) is 111 Å². The Labute approximate surface area is 353 Å². The second-order valence-corrected chi connectivity index (χ2v) is 17.6. The molecule has 332 valence electrons. The molecule has 0 atom stereocenters. The zero-order chi connectivity index (χ0) is 40.7. The average Bonchev–Trinajstić information content (AvgIpc) is 3.19. The Morgan fingerprint density at radius 3 is 1.09 bits per heavy atom. The fourth-order valence-corrected chi connectivity index (χ4v) is 7.80. The largest absolute Gasteiger partial charge is 0.466 e. The lowest BCUT2D eigenvalue weighted by molar-refractivity contribution is -0.143. The van der Waals surface area contributed by atoms with E-state index in [1.54, 1.807) is 0 Å². The summed E-state index contributed by atoms with van der Waals surface area (Å²) in [6, 6.07) is 0. The number of rotatable bonds is 47. The lowest BCUT2D eigenvalue weighted by atomic mass is 10.1. The van der Waals surface area contributed by atoms with Gasteiger partial charge in [0.1, 0.15) is 0 Å². The maximum Gasteiger partial charge on any atom is 0.305 e. The lowest BCUT2D eigenvalue weighted by Gasteiger charge is -2.16. The van der Waals surface area contributed by atoms with E-state index in [9.17, 15) is 4.79 Å². The smallest absolute Gasteiger partial charge is 0.305 e. The number of carbonyl (C=O) groups excluding carboxylic acids is 1. The first-order valence-corrected chi connectivity index (χ1v) is 25.4. The topological polar surface area (TPSA) is 32.8 Å². The summed E-state index contributed by atoms with van der Waals surface area (Å²) < 4.78 is 5.51. The molecular weight excluding hydrogens is 685 g/mol. The number of ether oxygens (including phenoxy) is 1. The number of carbonyl (C=O) groups is 1. The molecule has 0 N–H and O–H groups in total. The van der Waals surface area contributed by atoms with E-state index in [2.05, 4.69) is 62.0 Å². The molecule has 0 amide bonds. The Balaban J connectivity index is 3.31. The SMILES string of the molecule is CCCCC/C=C\C/C=C\CCCCCCCCN(C)CCCCCCCCCCOC(=O)CCCCCCCCCN(C)CCCCCCCCCCCC. The first-order chi connectivity index (χ1) is 27.6. The highest BCUT2D eigenvalue weighted by Gasteiger charge is 2.04. The van der Waals surface area contributed by atoms with E-state index in [1.165, 1.54) is 244 Å². The van der Waals surface area contributed by atoms with E-state index in [1.807, 2.05) is 0 Å². The fourth-order valence-electron chi connectivity index (χ4n) is 7.80. The highest BCUT2D eigenvalue weighted by atomic mass is 16.5. The number of hydrogen-bond donors (Lipinski definition) is 0. The molecule has 0 bridgehead atoms. The van der Waals surface area contributed by atoms with Gasteiger partial charge in [0.25, 0.3) is 0 Å². The molecule has 56 heavy (non-hydrogen) atoms. The van der Waals surface area contributed by atoms with E-state index >= 15 is 0 Å². The van der Waals surface area contributed by atoms with Gasteiger partial charge in [0.05, 0.1) is 6.61 Å². The molecule has 0 heterocycles. The van der Waals surface area contributed by atoms with Crippen molar-refractivity contribution in [3.63, 3.8) is 0 Å². The Kier molecular flexibility index (Phi) is 47.3. The standard InChI is InChI=1S/C52H102N2O2/c1-5-7-9-11-13-15-17-18-19-20-21-22-24-30-36-42-48-53(3)49-43-37-31-25-26-33-39-45-51-56-52(55)46-40-34-28-27-32-38-44-50-54(4)47-41-35-29-23-16-14-12-10-8-6-2/h13,15,18-19H,5-12,14,16-17,20-51H2,1-4H3/b15-13-,19-18-. The minimum absolute atomic E-state index is 0.0198. The molecule has 0 unspecified atom stereocenters. The fraction of sp³-hybridized carbons (Fsp3) is 0.904. The van der Waals surface area contributed by atoms with Gasteiger partial charge in [-0.2, -0.15) is 0 Å². The van der Waals surface area contributed by atoms with Crippen LogP contribution in [0.3, 0.4) is 0 Å². The van der Waals surface area contributed by atoms with Crippen LogP contribution in [0, 0.1) is 0 Å². The number of esters is 1. The van der Waals surface area contributed by atoms with Crippen LogP contribution in [0.2, 0.25) is 0 Å². The maximum atomic E-state index is 12.1. The zero-order valence-corrected chi connectivity index (χ0v) is 38.9. The monoisotopic (exact) mass is 787 g/mol. The molecule has 0 aromatic carbocycles. The van der Waals surface area contributed by atoms with Crippen molar-refractivity contribution < 1.29 is 9.53 Å². The average molecular weight is 787 g/mol. The molecule has 0 saturated carbocycles. The van der Waals surface area contributed by atoms with Crippen LogP contribution in [0.25, 0.3) is 0 Å². The van der Waals surface area contributed by atoms with Gasteiger partial charge in [0, 0.05) is 6.42 Å². The molecule has 4 heteroatoms. The summed E-state index contributed by atoms with van der Waals surface area (Å²) in [5.41, 5.74) is 0. The van der Waals surface area contributed by atoms with E-state index in [0.717, 1.165) is 19.3 Å². The van der Waals surface area contributed by atoms with Gasteiger partial charge >= 0.3 is 5.97 Å². The van der Waals surface area contributed by atoms with Crippen molar-refractivity contribution >= 4 is 5.97 Å². The summed E-state index contributed by atoms with van der Waals surface area (Å²) in [6.07, 6.45) is 59.1. The van der Waals surface area contributed by atoms with E-state index < -0.39 is 0 Å². The van der Waals surface area contributed by atoms with Crippen molar-refractivity contribution in [1.82, 2.24) is 9.80 Å². The van der Waals surface area contributed by atoms with E-state index in [4.69, 9.17) is 4.74 Å². The van der Waals surface area contributed by atoms with Crippen molar-refractivity contribution in [3.05, 3.63) is 24.3 Å². The second-order valence-electron chi connectivity index (χ2n) is 17.6. The van der Waals surface area contributed by atoms with Crippen molar-refractivity contribution in [1.29, 1.82) is 0 Å². The van der Waals surface area contributed by atoms with Crippen LogP contribution in [0.15, 0.2) is 24.3 Å². The normalized spacial score (nSPS) is 12.0. The Morgan fingerprint density at radius 2 is 0.679 bits per heavy atom. The number of nitrogens with zero attached hydrogens (tertiary/aromatic N) is 2. The van der Waals surface area contributed by atoms with Crippen LogP contribution in [-0.4, -0.2) is 62.7 Å². The molecule has 0 aromatic heterocycles. The third-order valence-electron chi connectivity index (χ3n) is 11.8. The van der Waals surface area contributed by atoms with Gasteiger partial charge in [-0.3, -0.25) is 4.79 Å².